The molecule has 1 aromatic heterocycles. The third-order valence-corrected chi connectivity index (χ3v) is 3.66. The Balaban J connectivity index is 2.10. The van der Waals surface area contributed by atoms with Gasteiger partial charge in [-0.05, 0) is 24.6 Å². The van der Waals surface area contributed by atoms with Gasteiger partial charge < -0.3 is 9.88 Å². The van der Waals surface area contributed by atoms with Crippen LogP contribution in [0.1, 0.15) is 5.56 Å². The fourth-order valence-corrected chi connectivity index (χ4v) is 2.29. The van der Waals surface area contributed by atoms with Crippen molar-refractivity contribution in [2.45, 2.75) is 13.5 Å². The molecule has 1 aromatic carbocycles. The summed E-state index contributed by atoms with van der Waals surface area (Å²) in [5.74, 6) is -0.169. The number of anilines is 1. The minimum Gasteiger partial charge on any atom is -0.324 e. The molecule has 2 N–H and O–H groups in total. The number of hydrogen-bond donors (Lipinski definition) is 2. The molecule has 0 radical (unpaired) electrons. The normalized spacial score (nSPS) is 10.3. The number of aromatic nitrogens is 1. The van der Waals surface area contributed by atoms with E-state index in [0.717, 1.165) is 5.56 Å². The van der Waals surface area contributed by atoms with Crippen LogP contribution in [0.25, 0.3) is 0 Å². The second kappa shape index (κ2) is 5.37. The van der Waals surface area contributed by atoms with E-state index in [1.807, 2.05) is 6.92 Å². The number of hydrogen-bond acceptors (Lipinski definition) is 3. The molecule has 94 valence electrons. The standard InChI is InChI=1S/C12H12ClN3OS/c1-8-9(13)3-2-4-10(8)15-11(17)7-16-5-6-18-12(16)14/h2-6,14H,7H2,1H3,(H,15,17). The number of rotatable bonds is 3. The number of thiazole rings is 1. The smallest absolute Gasteiger partial charge is 0.244 e. The first kappa shape index (κ1) is 12.9. The second-order valence-corrected chi connectivity index (χ2v) is 5.10. The maximum Gasteiger partial charge on any atom is 0.244 e. The topological polar surface area (TPSA) is 57.9 Å². The fourth-order valence-electron chi connectivity index (χ4n) is 1.52. The lowest BCUT2D eigenvalue weighted by Crippen LogP contribution is -2.24. The van der Waals surface area contributed by atoms with Gasteiger partial charge in [0.25, 0.3) is 0 Å². The highest BCUT2D eigenvalue weighted by atomic mass is 35.5. The van der Waals surface area contributed by atoms with Crippen molar-refractivity contribution in [3.63, 3.8) is 0 Å². The lowest BCUT2D eigenvalue weighted by molar-refractivity contribution is -0.116. The Morgan fingerprint density at radius 2 is 2.33 bits per heavy atom. The van der Waals surface area contributed by atoms with E-state index >= 15 is 0 Å². The van der Waals surface area contributed by atoms with Gasteiger partial charge in [0, 0.05) is 22.3 Å². The van der Waals surface area contributed by atoms with Crippen LogP contribution < -0.4 is 10.1 Å². The van der Waals surface area contributed by atoms with Gasteiger partial charge in [0.1, 0.15) is 6.54 Å². The zero-order valence-corrected chi connectivity index (χ0v) is 11.3. The molecule has 0 atom stereocenters. The Morgan fingerprint density at radius 1 is 1.56 bits per heavy atom. The van der Waals surface area contributed by atoms with Crippen LogP contribution in [0.5, 0.6) is 0 Å². The van der Waals surface area contributed by atoms with Crippen LogP contribution in [-0.4, -0.2) is 10.5 Å². The van der Waals surface area contributed by atoms with Gasteiger partial charge in [0.05, 0.1) is 0 Å². The number of carbonyl (C=O) groups excluding carboxylic acids is 1. The lowest BCUT2D eigenvalue weighted by Gasteiger charge is -2.09. The largest absolute Gasteiger partial charge is 0.324 e. The number of halogens is 1. The van der Waals surface area contributed by atoms with Gasteiger partial charge in [-0.25, -0.2) is 0 Å². The SMILES string of the molecule is Cc1c(Cl)cccc1NC(=O)Cn1ccsc1=N. The van der Waals surface area contributed by atoms with Crippen LogP contribution in [0.15, 0.2) is 29.8 Å². The van der Waals surface area contributed by atoms with Crippen molar-refractivity contribution in [3.05, 3.63) is 45.2 Å². The number of nitrogens with zero attached hydrogens (tertiary/aromatic N) is 1. The highest BCUT2D eigenvalue weighted by molar-refractivity contribution is 7.06. The molecule has 1 heterocycles. The van der Waals surface area contributed by atoms with Crippen LogP contribution in [0.2, 0.25) is 5.02 Å². The minimum absolute atomic E-state index is 0.133. The predicted octanol–water partition coefficient (Wildman–Crippen LogP) is 2.63. The van der Waals surface area contributed by atoms with Gasteiger partial charge in [-0.1, -0.05) is 17.7 Å². The third kappa shape index (κ3) is 2.80. The van der Waals surface area contributed by atoms with Crippen molar-refractivity contribution in [2.24, 2.45) is 0 Å². The average Bonchev–Trinajstić information content (AvgIpc) is 2.71. The summed E-state index contributed by atoms with van der Waals surface area (Å²) in [6.45, 7) is 1.99. The first-order valence-electron chi connectivity index (χ1n) is 5.31. The summed E-state index contributed by atoms with van der Waals surface area (Å²) in [6.07, 6.45) is 1.72. The minimum atomic E-state index is -0.169. The van der Waals surface area contributed by atoms with Gasteiger partial charge in [0.2, 0.25) is 5.91 Å². The lowest BCUT2D eigenvalue weighted by atomic mass is 10.2. The molecule has 0 aliphatic rings. The molecular formula is C12H12ClN3OS. The number of amides is 1. The van der Waals surface area contributed by atoms with E-state index in [1.165, 1.54) is 11.3 Å². The molecule has 6 heteroatoms. The zero-order valence-electron chi connectivity index (χ0n) is 9.74. The molecule has 2 aromatic rings. The molecular weight excluding hydrogens is 270 g/mol. The van der Waals surface area contributed by atoms with Crippen molar-refractivity contribution in [2.75, 3.05) is 5.32 Å². The van der Waals surface area contributed by atoms with Gasteiger partial charge in [-0.3, -0.25) is 10.2 Å². The molecule has 0 unspecified atom stereocenters. The quantitative estimate of drug-likeness (QED) is 0.893. The van der Waals surface area contributed by atoms with Crippen molar-refractivity contribution >= 4 is 34.5 Å². The monoisotopic (exact) mass is 281 g/mol. The first-order valence-corrected chi connectivity index (χ1v) is 6.57. The Morgan fingerprint density at radius 3 is 3.00 bits per heavy atom. The molecule has 0 aliphatic carbocycles. The molecule has 0 aliphatic heterocycles. The van der Waals surface area contributed by atoms with E-state index in [9.17, 15) is 4.79 Å². The summed E-state index contributed by atoms with van der Waals surface area (Å²) < 4.78 is 1.58. The summed E-state index contributed by atoms with van der Waals surface area (Å²) >= 11 is 7.27. The predicted molar refractivity (Wildman–Crippen MR) is 73.0 cm³/mol. The van der Waals surface area contributed by atoms with Gasteiger partial charge in [-0.2, -0.15) is 0 Å². The van der Waals surface area contributed by atoms with Gasteiger partial charge in [0.15, 0.2) is 4.80 Å². The molecule has 0 fully saturated rings. The van der Waals surface area contributed by atoms with E-state index in [1.54, 1.807) is 34.3 Å². The molecule has 0 saturated carbocycles. The fraction of sp³-hybridized carbons (Fsp3) is 0.167. The molecule has 2 rings (SSSR count). The third-order valence-electron chi connectivity index (χ3n) is 2.54. The first-order chi connectivity index (χ1) is 8.58. The van der Waals surface area contributed by atoms with Crippen molar-refractivity contribution in [1.82, 2.24) is 4.57 Å². The Hall–Kier alpha value is -1.59. The Bertz CT molecular complexity index is 632. The van der Waals surface area contributed by atoms with E-state index in [-0.39, 0.29) is 12.5 Å². The van der Waals surface area contributed by atoms with Gasteiger partial charge in [-0.15, -0.1) is 11.3 Å². The highest BCUT2D eigenvalue weighted by Crippen LogP contribution is 2.22. The Labute approximate surface area is 113 Å². The summed E-state index contributed by atoms with van der Waals surface area (Å²) in [6, 6.07) is 5.37. The summed E-state index contributed by atoms with van der Waals surface area (Å²) in [7, 11) is 0. The van der Waals surface area contributed by atoms with Crippen LogP contribution >= 0.6 is 22.9 Å². The van der Waals surface area contributed by atoms with E-state index in [4.69, 9.17) is 17.0 Å². The zero-order chi connectivity index (χ0) is 13.1. The molecule has 18 heavy (non-hydrogen) atoms. The summed E-state index contributed by atoms with van der Waals surface area (Å²) in [5.41, 5.74) is 1.55. The Kier molecular flexibility index (Phi) is 3.84. The van der Waals surface area contributed by atoms with E-state index in [2.05, 4.69) is 5.32 Å². The maximum atomic E-state index is 11.8. The molecule has 0 spiro atoms. The number of carbonyl (C=O) groups is 1. The van der Waals surface area contributed by atoms with Crippen molar-refractivity contribution in [1.29, 1.82) is 5.41 Å². The second-order valence-electron chi connectivity index (χ2n) is 3.80. The van der Waals surface area contributed by atoms with Crippen LogP contribution in [0.3, 0.4) is 0 Å². The van der Waals surface area contributed by atoms with Crippen molar-refractivity contribution < 1.29 is 4.79 Å². The molecule has 4 nitrogen and oxygen atoms in total. The molecule has 1 amide bonds. The van der Waals surface area contributed by atoms with Crippen molar-refractivity contribution in [3.8, 4) is 0 Å². The van der Waals surface area contributed by atoms with Crippen LogP contribution in [0, 0.1) is 12.3 Å². The van der Waals surface area contributed by atoms with E-state index < -0.39 is 0 Å². The number of nitrogens with one attached hydrogen (secondary N) is 2. The summed E-state index contributed by atoms with van der Waals surface area (Å²) in [5, 5.41) is 12.8. The molecule has 0 saturated heterocycles. The van der Waals surface area contributed by atoms with Gasteiger partial charge >= 0.3 is 0 Å². The highest BCUT2D eigenvalue weighted by Gasteiger charge is 2.07. The molecule has 0 bridgehead atoms. The maximum absolute atomic E-state index is 11.8. The van der Waals surface area contributed by atoms with E-state index in [0.29, 0.717) is 15.5 Å². The summed E-state index contributed by atoms with van der Waals surface area (Å²) in [4.78, 5) is 12.2. The number of benzene rings is 1. The van der Waals surface area contributed by atoms with Crippen LogP contribution in [-0.2, 0) is 11.3 Å². The van der Waals surface area contributed by atoms with Crippen LogP contribution in [0.4, 0.5) is 5.69 Å². The average molecular weight is 282 g/mol.